The van der Waals surface area contributed by atoms with Gasteiger partial charge >= 0.3 is 0 Å². The summed E-state index contributed by atoms with van der Waals surface area (Å²) in [6.45, 7) is 9.06. The SMILES string of the molecule is Cc1ccc(C)c(CN2C(=O)c3ccccc3S(=O)c3ccc(C(=O)NCCN4CCCCC4C)cc32)c1. The number of aryl methyl sites for hydroxylation is 2. The maximum atomic E-state index is 13.9. The fourth-order valence-electron chi connectivity index (χ4n) is 5.41. The summed E-state index contributed by atoms with van der Waals surface area (Å²) in [6.07, 6.45) is 3.66. The van der Waals surface area contributed by atoms with Crippen LogP contribution < -0.4 is 10.2 Å². The molecule has 7 heteroatoms. The van der Waals surface area contributed by atoms with Gasteiger partial charge in [0.15, 0.2) is 0 Å². The van der Waals surface area contributed by atoms with E-state index in [1.54, 1.807) is 47.4 Å². The minimum atomic E-state index is -1.55. The predicted molar refractivity (Wildman–Crippen MR) is 151 cm³/mol. The number of hydrogen-bond acceptors (Lipinski definition) is 4. The normalized spacial score (nSPS) is 19.4. The van der Waals surface area contributed by atoms with Crippen LogP contribution in [0.1, 0.15) is 63.6 Å². The maximum absolute atomic E-state index is 13.9. The molecule has 2 heterocycles. The predicted octanol–water partition coefficient (Wildman–Crippen LogP) is 5.23. The van der Waals surface area contributed by atoms with Crippen LogP contribution in [-0.2, 0) is 17.3 Å². The van der Waals surface area contributed by atoms with Crippen LogP contribution in [0.15, 0.2) is 70.5 Å². The molecule has 1 fully saturated rings. The van der Waals surface area contributed by atoms with Crippen LogP contribution >= 0.6 is 0 Å². The monoisotopic (exact) mass is 529 g/mol. The Morgan fingerprint density at radius 3 is 2.66 bits per heavy atom. The minimum absolute atomic E-state index is 0.191. The molecular formula is C31H35N3O3S. The van der Waals surface area contributed by atoms with Crippen molar-refractivity contribution in [2.45, 2.75) is 62.4 Å². The van der Waals surface area contributed by atoms with Gasteiger partial charge in [-0.15, -0.1) is 0 Å². The zero-order valence-electron chi connectivity index (χ0n) is 22.3. The van der Waals surface area contributed by atoms with Crippen LogP contribution in [-0.4, -0.2) is 46.6 Å². The van der Waals surface area contributed by atoms with Crippen molar-refractivity contribution in [2.75, 3.05) is 24.5 Å². The number of rotatable bonds is 6. The molecule has 0 bridgehead atoms. The molecule has 2 atom stereocenters. The average molecular weight is 530 g/mol. The second-order valence-corrected chi connectivity index (χ2v) is 11.8. The zero-order chi connectivity index (χ0) is 26.8. The Balaban J connectivity index is 1.47. The Labute approximate surface area is 227 Å². The van der Waals surface area contributed by atoms with E-state index in [1.807, 2.05) is 19.9 Å². The van der Waals surface area contributed by atoms with Crippen LogP contribution in [0, 0.1) is 13.8 Å². The first-order chi connectivity index (χ1) is 18.3. The van der Waals surface area contributed by atoms with Gasteiger partial charge in [-0.1, -0.05) is 42.3 Å². The van der Waals surface area contributed by atoms with E-state index in [4.69, 9.17) is 0 Å². The molecule has 2 amide bonds. The van der Waals surface area contributed by atoms with Crippen molar-refractivity contribution < 1.29 is 13.8 Å². The van der Waals surface area contributed by atoms with Crippen molar-refractivity contribution in [3.05, 3.63) is 88.5 Å². The van der Waals surface area contributed by atoms with Crippen molar-refractivity contribution in [1.82, 2.24) is 10.2 Å². The molecule has 0 aromatic heterocycles. The number of nitrogens with zero attached hydrogens (tertiary/aromatic N) is 2. The molecule has 1 N–H and O–H groups in total. The number of likely N-dealkylation sites (tertiary alicyclic amines) is 1. The third-order valence-corrected chi connectivity index (χ3v) is 9.23. The van der Waals surface area contributed by atoms with Crippen LogP contribution in [0.3, 0.4) is 0 Å². The molecular weight excluding hydrogens is 494 g/mol. The second-order valence-electron chi connectivity index (χ2n) is 10.4. The number of nitrogens with one attached hydrogen (secondary N) is 1. The minimum Gasteiger partial charge on any atom is -0.351 e. The quantitative estimate of drug-likeness (QED) is 0.475. The lowest BCUT2D eigenvalue weighted by molar-refractivity contribution is 0.0936. The molecule has 0 saturated carbocycles. The summed E-state index contributed by atoms with van der Waals surface area (Å²) in [7, 11) is -1.55. The third-order valence-electron chi connectivity index (χ3n) is 7.73. The van der Waals surface area contributed by atoms with E-state index in [0.29, 0.717) is 45.7 Å². The Kier molecular flexibility index (Phi) is 7.77. The number of amides is 2. The molecule has 198 valence electrons. The number of anilines is 1. The molecule has 2 aliphatic rings. The van der Waals surface area contributed by atoms with Gasteiger partial charge in [-0.05, 0) is 81.6 Å². The van der Waals surface area contributed by atoms with Gasteiger partial charge in [0.2, 0.25) is 0 Å². The largest absolute Gasteiger partial charge is 0.351 e. The zero-order valence-corrected chi connectivity index (χ0v) is 23.1. The molecule has 0 aliphatic carbocycles. The van der Waals surface area contributed by atoms with Crippen LogP contribution in [0.2, 0.25) is 0 Å². The summed E-state index contributed by atoms with van der Waals surface area (Å²) in [5.74, 6) is -0.408. The molecule has 3 aromatic carbocycles. The number of fused-ring (bicyclic) bond motifs is 2. The highest BCUT2D eigenvalue weighted by Gasteiger charge is 2.32. The highest BCUT2D eigenvalue weighted by Crippen LogP contribution is 2.36. The fourth-order valence-corrected chi connectivity index (χ4v) is 6.75. The first-order valence-electron chi connectivity index (χ1n) is 13.4. The number of hydrogen-bond donors (Lipinski definition) is 1. The van der Waals surface area contributed by atoms with Crippen molar-refractivity contribution in [3.63, 3.8) is 0 Å². The van der Waals surface area contributed by atoms with Gasteiger partial charge in [0.1, 0.15) is 0 Å². The number of carbonyl (C=O) groups excluding carboxylic acids is 2. The van der Waals surface area contributed by atoms with Gasteiger partial charge in [-0.3, -0.25) is 14.5 Å². The van der Waals surface area contributed by atoms with Crippen molar-refractivity contribution in [3.8, 4) is 0 Å². The van der Waals surface area contributed by atoms with Gasteiger partial charge in [0, 0.05) is 24.7 Å². The lowest BCUT2D eigenvalue weighted by Gasteiger charge is -2.33. The maximum Gasteiger partial charge on any atom is 0.259 e. The topological polar surface area (TPSA) is 69.7 Å². The van der Waals surface area contributed by atoms with Gasteiger partial charge in [0.25, 0.3) is 11.8 Å². The molecule has 6 nitrogen and oxygen atoms in total. The van der Waals surface area contributed by atoms with Gasteiger partial charge in [-0.25, -0.2) is 4.21 Å². The van der Waals surface area contributed by atoms with E-state index >= 15 is 0 Å². The summed E-state index contributed by atoms with van der Waals surface area (Å²) >= 11 is 0. The standard InChI is InChI=1S/C31H35N3O3S/c1-21-11-12-22(2)25(18-21)20-34-27-19-24(30(35)32-15-17-33-16-7-6-8-23(33)3)13-14-29(27)38(37)28-10-5-4-9-26(28)31(34)36/h4-5,9-14,18-19,23H,6-8,15-17,20H2,1-3H3,(H,32,35). The Morgan fingerprint density at radius 1 is 1.03 bits per heavy atom. The smallest absolute Gasteiger partial charge is 0.259 e. The highest BCUT2D eigenvalue weighted by molar-refractivity contribution is 7.85. The average Bonchev–Trinajstić information content (AvgIpc) is 3.01. The number of piperidine rings is 1. The van der Waals surface area contributed by atoms with Crippen LogP contribution in [0.5, 0.6) is 0 Å². The lowest BCUT2D eigenvalue weighted by atomic mass is 10.0. The molecule has 3 aromatic rings. The molecule has 1 saturated heterocycles. The molecule has 5 rings (SSSR count). The molecule has 0 radical (unpaired) electrons. The van der Waals surface area contributed by atoms with Crippen molar-refractivity contribution in [2.24, 2.45) is 0 Å². The highest BCUT2D eigenvalue weighted by atomic mass is 32.2. The van der Waals surface area contributed by atoms with E-state index in [9.17, 15) is 13.8 Å². The Bertz CT molecular complexity index is 1400. The molecule has 0 spiro atoms. The number of carbonyl (C=O) groups is 2. The van der Waals surface area contributed by atoms with E-state index in [-0.39, 0.29) is 11.8 Å². The van der Waals surface area contributed by atoms with Gasteiger partial charge < -0.3 is 10.2 Å². The third kappa shape index (κ3) is 5.31. The first kappa shape index (κ1) is 26.3. The summed E-state index contributed by atoms with van der Waals surface area (Å²) < 4.78 is 13.7. The van der Waals surface area contributed by atoms with Gasteiger partial charge in [-0.2, -0.15) is 0 Å². The second kappa shape index (κ2) is 11.2. The molecule has 38 heavy (non-hydrogen) atoms. The first-order valence-corrected chi connectivity index (χ1v) is 14.5. The van der Waals surface area contributed by atoms with E-state index in [2.05, 4.69) is 29.3 Å². The van der Waals surface area contributed by atoms with E-state index < -0.39 is 10.8 Å². The fraction of sp³-hybridized carbons (Fsp3) is 0.355. The molecule has 2 aliphatic heterocycles. The van der Waals surface area contributed by atoms with Crippen molar-refractivity contribution >= 4 is 28.3 Å². The Hall–Kier alpha value is -3.29. The van der Waals surface area contributed by atoms with E-state index in [0.717, 1.165) is 29.8 Å². The van der Waals surface area contributed by atoms with Crippen LogP contribution in [0.4, 0.5) is 5.69 Å². The van der Waals surface area contributed by atoms with Gasteiger partial charge in [0.05, 0.1) is 38.4 Å². The summed E-state index contributed by atoms with van der Waals surface area (Å²) in [5, 5.41) is 3.05. The summed E-state index contributed by atoms with van der Waals surface area (Å²) in [5.41, 5.74) is 4.59. The lowest BCUT2D eigenvalue weighted by Crippen LogP contribution is -2.42. The molecule has 2 unspecified atom stereocenters. The Morgan fingerprint density at radius 2 is 1.84 bits per heavy atom. The van der Waals surface area contributed by atoms with Crippen molar-refractivity contribution in [1.29, 1.82) is 0 Å². The summed E-state index contributed by atoms with van der Waals surface area (Å²) in [4.78, 5) is 32.2. The van der Waals surface area contributed by atoms with Crippen LogP contribution in [0.25, 0.3) is 0 Å². The number of benzene rings is 3. The van der Waals surface area contributed by atoms with E-state index in [1.165, 1.54) is 19.3 Å². The summed E-state index contributed by atoms with van der Waals surface area (Å²) in [6, 6.07) is 19.0.